The second-order valence-electron chi connectivity index (χ2n) is 2.30. The summed E-state index contributed by atoms with van der Waals surface area (Å²) in [4.78, 5) is 0. The summed E-state index contributed by atoms with van der Waals surface area (Å²) in [5, 5.41) is 11.9. The van der Waals surface area contributed by atoms with E-state index in [1.54, 1.807) is 12.1 Å². The molecule has 60 valence electrons. The SMILES string of the molecule is NCNCc1ccc(O)cc1. The Balaban J connectivity index is 2.52. The molecule has 0 saturated heterocycles. The Morgan fingerprint density at radius 2 is 1.91 bits per heavy atom. The second kappa shape index (κ2) is 3.95. The fourth-order valence-electron chi connectivity index (χ4n) is 0.830. The van der Waals surface area contributed by atoms with E-state index in [1.807, 2.05) is 12.1 Å². The van der Waals surface area contributed by atoms with Crippen LogP contribution in [0.15, 0.2) is 24.3 Å². The minimum atomic E-state index is 0.293. The van der Waals surface area contributed by atoms with E-state index in [1.165, 1.54) is 0 Å². The molecule has 1 aromatic carbocycles. The Morgan fingerprint density at radius 1 is 1.27 bits per heavy atom. The smallest absolute Gasteiger partial charge is 0.115 e. The van der Waals surface area contributed by atoms with Crippen LogP contribution in [0.2, 0.25) is 0 Å². The largest absolute Gasteiger partial charge is 0.508 e. The van der Waals surface area contributed by atoms with Gasteiger partial charge in [-0.15, -0.1) is 0 Å². The summed E-state index contributed by atoms with van der Waals surface area (Å²) in [5.41, 5.74) is 6.36. The van der Waals surface area contributed by atoms with Gasteiger partial charge >= 0.3 is 0 Å². The van der Waals surface area contributed by atoms with E-state index in [-0.39, 0.29) is 0 Å². The molecular weight excluding hydrogens is 140 g/mol. The third kappa shape index (κ3) is 2.57. The highest BCUT2D eigenvalue weighted by atomic mass is 16.3. The van der Waals surface area contributed by atoms with Crippen molar-refractivity contribution >= 4 is 0 Å². The quantitative estimate of drug-likeness (QED) is 0.549. The average molecular weight is 152 g/mol. The molecule has 0 spiro atoms. The van der Waals surface area contributed by atoms with E-state index < -0.39 is 0 Å². The minimum Gasteiger partial charge on any atom is -0.508 e. The number of phenols is 1. The summed E-state index contributed by atoms with van der Waals surface area (Å²) in [6.45, 7) is 1.22. The van der Waals surface area contributed by atoms with Gasteiger partial charge in [-0.3, -0.25) is 0 Å². The van der Waals surface area contributed by atoms with Crippen LogP contribution in [0.5, 0.6) is 5.75 Å². The fraction of sp³-hybridized carbons (Fsp3) is 0.250. The first kappa shape index (κ1) is 8.04. The van der Waals surface area contributed by atoms with Gasteiger partial charge in [-0.2, -0.15) is 0 Å². The molecule has 0 heterocycles. The lowest BCUT2D eigenvalue weighted by molar-refractivity contribution is 0.475. The zero-order valence-electron chi connectivity index (χ0n) is 6.25. The first-order chi connectivity index (χ1) is 5.33. The summed E-state index contributed by atoms with van der Waals surface area (Å²) in [7, 11) is 0. The van der Waals surface area contributed by atoms with Gasteiger partial charge in [0.15, 0.2) is 0 Å². The molecule has 0 bridgehead atoms. The number of phenolic OH excluding ortho intramolecular Hbond substituents is 1. The lowest BCUT2D eigenvalue weighted by atomic mass is 10.2. The van der Waals surface area contributed by atoms with E-state index in [4.69, 9.17) is 10.8 Å². The van der Waals surface area contributed by atoms with Gasteiger partial charge in [0.2, 0.25) is 0 Å². The van der Waals surface area contributed by atoms with Crippen molar-refractivity contribution in [2.24, 2.45) is 5.73 Å². The van der Waals surface area contributed by atoms with Crippen molar-refractivity contribution in [3.05, 3.63) is 29.8 Å². The summed E-state index contributed by atoms with van der Waals surface area (Å²) >= 11 is 0. The molecule has 3 heteroatoms. The van der Waals surface area contributed by atoms with E-state index in [2.05, 4.69) is 5.32 Å². The number of benzene rings is 1. The van der Waals surface area contributed by atoms with Crippen LogP contribution in [0.25, 0.3) is 0 Å². The molecule has 0 radical (unpaired) electrons. The Labute approximate surface area is 65.8 Å². The van der Waals surface area contributed by atoms with Crippen molar-refractivity contribution in [3.63, 3.8) is 0 Å². The van der Waals surface area contributed by atoms with Crippen LogP contribution in [0.1, 0.15) is 5.56 Å². The van der Waals surface area contributed by atoms with Gasteiger partial charge in [-0.05, 0) is 17.7 Å². The molecule has 3 nitrogen and oxygen atoms in total. The fourth-order valence-corrected chi connectivity index (χ4v) is 0.830. The van der Waals surface area contributed by atoms with Crippen LogP contribution in [-0.2, 0) is 6.54 Å². The zero-order valence-corrected chi connectivity index (χ0v) is 6.25. The second-order valence-corrected chi connectivity index (χ2v) is 2.30. The number of aromatic hydroxyl groups is 1. The van der Waals surface area contributed by atoms with Crippen molar-refractivity contribution in [2.75, 3.05) is 6.67 Å². The van der Waals surface area contributed by atoms with E-state index in [9.17, 15) is 0 Å². The van der Waals surface area contributed by atoms with Crippen LogP contribution in [-0.4, -0.2) is 11.8 Å². The zero-order chi connectivity index (χ0) is 8.10. The Hall–Kier alpha value is -1.06. The Bertz CT molecular complexity index is 208. The molecule has 1 aromatic rings. The Kier molecular flexibility index (Phi) is 2.89. The highest BCUT2D eigenvalue weighted by molar-refractivity contribution is 5.25. The van der Waals surface area contributed by atoms with Crippen LogP contribution < -0.4 is 11.1 Å². The van der Waals surface area contributed by atoms with Crippen molar-refractivity contribution in [2.45, 2.75) is 6.54 Å². The summed E-state index contributed by atoms with van der Waals surface area (Å²) in [6.07, 6.45) is 0. The van der Waals surface area contributed by atoms with Crippen molar-refractivity contribution in [1.29, 1.82) is 0 Å². The van der Waals surface area contributed by atoms with Crippen LogP contribution in [0.4, 0.5) is 0 Å². The molecule has 1 rings (SSSR count). The molecule has 0 atom stereocenters. The molecule has 0 fully saturated rings. The van der Waals surface area contributed by atoms with Crippen molar-refractivity contribution in [3.8, 4) is 5.75 Å². The molecule has 0 aliphatic carbocycles. The third-order valence-electron chi connectivity index (χ3n) is 1.41. The number of hydrogen-bond donors (Lipinski definition) is 3. The van der Waals surface area contributed by atoms with Gasteiger partial charge in [0.1, 0.15) is 5.75 Å². The molecule has 0 unspecified atom stereocenters. The molecule has 0 amide bonds. The van der Waals surface area contributed by atoms with Gasteiger partial charge < -0.3 is 16.2 Å². The van der Waals surface area contributed by atoms with Gasteiger partial charge in [0.05, 0.1) is 0 Å². The first-order valence-corrected chi connectivity index (χ1v) is 3.51. The monoisotopic (exact) mass is 152 g/mol. The van der Waals surface area contributed by atoms with Crippen LogP contribution in [0.3, 0.4) is 0 Å². The minimum absolute atomic E-state index is 0.293. The lowest BCUT2D eigenvalue weighted by Crippen LogP contribution is -2.21. The number of hydrogen-bond acceptors (Lipinski definition) is 3. The van der Waals surface area contributed by atoms with E-state index in [0.29, 0.717) is 12.4 Å². The van der Waals surface area contributed by atoms with Gasteiger partial charge in [-0.25, -0.2) is 0 Å². The van der Waals surface area contributed by atoms with E-state index in [0.717, 1.165) is 12.1 Å². The summed E-state index contributed by atoms with van der Waals surface area (Å²) in [6, 6.07) is 7.04. The van der Waals surface area contributed by atoms with E-state index >= 15 is 0 Å². The molecule has 4 N–H and O–H groups in total. The topological polar surface area (TPSA) is 58.3 Å². The number of rotatable bonds is 3. The highest BCUT2D eigenvalue weighted by Crippen LogP contribution is 2.08. The van der Waals surface area contributed by atoms with Crippen LogP contribution in [0, 0.1) is 0 Å². The molecular formula is C8H12N2O. The molecule has 0 aliphatic heterocycles. The van der Waals surface area contributed by atoms with Gasteiger partial charge in [-0.1, -0.05) is 12.1 Å². The predicted molar refractivity (Wildman–Crippen MR) is 44.0 cm³/mol. The van der Waals surface area contributed by atoms with Gasteiger partial charge in [0.25, 0.3) is 0 Å². The van der Waals surface area contributed by atoms with Gasteiger partial charge in [0, 0.05) is 13.2 Å². The maximum absolute atomic E-state index is 8.94. The highest BCUT2D eigenvalue weighted by Gasteiger charge is 1.90. The molecule has 0 aliphatic rings. The average Bonchev–Trinajstić information content (AvgIpc) is 2.04. The summed E-state index contributed by atoms with van der Waals surface area (Å²) < 4.78 is 0. The first-order valence-electron chi connectivity index (χ1n) is 3.51. The molecule has 11 heavy (non-hydrogen) atoms. The third-order valence-corrected chi connectivity index (χ3v) is 1.41. The molecule has 0 saturated carbocycles. The standard InChI is InChI=1S/C8H12N2O/c9-6-10-5-7-1-3-8(11)4-2-7/h1-4,10-11H,5-6,9H2. The predicted octanol–water partition coefficient (Wildman–Crippen LogP) is 0.398. The number of nitrogens with one attached hydrogen (secondary N) is 1. The van der Waals surface area contributed by atoms with Crippen molar-refractivity contribution in [1.82, 2.24) is 5.32 Å². The number of nitrogens with two attached hydrogens (primary N) is 1. The lowest BCUT2D eigenvalue weighted by Gasteiger charge is -2.00. The normalized spacial score (nSPS) is 9.91. The van der Waals surface area contributed by atoms with Crippen molar-refractivity contribution < 1.29 is 5.11 Å². The van der Waals surface area contributed by atoms with Crippen LogP contribution >= 0.6 is 0 Å². The Morgan fingerprint density at radius 3 is 2.45 bits per heavy atom. The maximum atomic E-state index is 8.94. The maximum Gasteiger partial charge on any atom is 0.115 e. The molecule has 0 aromatic heterocycles. The summed E-state index contributed by atoms with van der Waals surface area (Å²) in [5.74, 6) is 0.293.